The maximum atomic E-state index is 12.9. The Kier molecular flexibility index (Phi) is 5.66. The average molecular weight is 354 g/mol. The number of anilines is 2. The van der Waals surface area contributed by atoms with Gasteiger partial charge >= 0.3 is 0 Å². The molecule has 0 aliphatic heterocycles. The third kappa shape index (κ3) is 4.69. The predicted octanol–water partition coefficient (Wildman–Crippen LogP) is 4.52. The van der Waals surface area contributed by atoms with Gasteiger partial charge in [0.15, 0.2) is 0 Å². The monoisotopic (exact) mass is 354 g/mol. The van der Waals surface area contributed by atoms with Crippen molar-refractivity contribution in [3.8, 4) is 0 Å². The Morgan fingerprint density at radius 2 is 1.15 bits per heavy atom. The summed E-state index contributed by atoms with van der Waals surface area (Å²) in [6.45, 7) is 2.00. The molecular formula is C21H23FN2O2. The molecule has 1 aliphatic rings. The second-order valence-electron chi connectivity index (χ2n) is 6.90. The minimum Gasteiger partial charge on any atom is -0.326 e. The van der Waals surface area contributed by atoms with E-state index in [2.05, 4.69) is 10.6 Å². The van der Waals surface area contributed by atoms with Crippen molar-refractivity contribution in [2.24, 2.45) is 11.8 Å². The Hall–Kier alpha value is -2.69. The van der Waals surface area contributed by atoms with Gasteiger partial charge < -0.3 is 10.6 Å². The quantitative estimate of drug-likeness (QED) is 0.848. The molecule has 2 N–H and O–H groups in total. The minimum absolute atomic E-state index is 0.0197. The summed E-state index contributed by atoms with van der Waals surface area (Å²) in [6, 6.07) is 13.5. The summed E-state index contributed by atoms with van der Waals surface area (Å²) in [5, 5.41) is 5.77. The Morgan fingerprint density at radius 3 is 1.58 bits per heavy atom. The van der Waals surface area contributed by atoms with E-state index >= 15 is 0 Å². The van der Waals surface area contributed by atoms with Crippen LogP contribution in [0.15, 0.2) is 48.5 Å². The van der Waals surface area contributed by atoms with Crippen LogP contribution in [0, 0.1) is 24.6 Å². The van der Waals surface area contributed by atoms with Crippen LogP contribution in [0.4, 0.5) is 15.8 Å². The highest BCUT2D eigenvalue weighted by Gasteiger charge is 2.30. The molecule has 2 amide bonds. The molecule has 1 fully saturated rings. The van der Waals surface area contributed by atoms with Crippen LogP contribution in [-0.4, -0.2) is 11.8 Å². The van der Waals surface area contributed by atoms with Gasteiger partial charge in [-0.1, -0.05) is 17.7 Å². The Balaban J connectivity index is 1.48. The normalized spacial score (nSPS) is 19.6. The summed E-state index contributed by atoms with van der Waals surface area (Å²) < 4.78 is 12.9. The van der Waals surface area contributed by atoms with Crippen molar-refractivity contribution in [3.05, 3.63) is 59.9 Å². The topological polar surface area (TPSA) is 58.2 Å². The van der Waals surface area contributed by atoms with E-state index in [0.717, 1.165) is 11.3 Å². The third-order valence-electron chi connectivity index (χ3n) is 4.90. The van der Waals surface area contributed by atoms with Gasteiger partial charge in [0.1, 0.15) is 5.82 Å². The molecule has 0 saturated heterocycles. The van der Waals surface area contributed by atoms with Crippen LogP contribution < -0.4 is 10.6 Å². The van der Waals surface area contributed by atoms with E-state index in [1.165, 1.54) is 12.1 Å². The fraction of sp³-hybridized carbons (Fsp3) is 0.333. The molecule has 3 rings (SSSR count). The number of amides is 2. The lowest BCUT2D eigenvalue weighted by Gasteiger charge is -2.27. The molecule has 1 saturated carbocycles. The molecule has 136 valence electrons. The first-order valence-electron chi connectivity index (χ1n) is 8.95. The van der Waals surface area contributed by atoms with Gasteiger partial charge in [0, 0.05) is 23.2 Å². The SMILES string of the molecule is Cc1ccc(NC(=O)C2CCC(C(=O)Nc3ccc(F)cc3)CC2)cc1. The Bertz CT molecular complexity index is 696. The lowest BCUT2D eigenvalue weighted by Crippen LogP contribution is -2.32. The van der Waals surface area contributed by atoms with Crippen LogP contribution in [-0.2, 0) is 9.59 Å². The van der Waals surface area contributed by atoms with Crippen molar-refractivity contribution in [2.45, 2.75) is 32.6 Å². The largest absolute Gasteiger partial charge is 0.326 e. The third-order valence-corrected chi connectivity index (χ3v) is 4.90. The van der Waals surface area contributed by atoms with Gasteiger partial charge in [-0.2, -0.15) is 0 Å². The number of rotatable bonds is 4. The number of carbonyl (C=O) groups excluding carboxylic acids is 2. The van der Waals surface area contributed by atoms with E-state index in [1.807, 2.05) is 31.2 Å². The Morgan fingerprint density at radius 1 is 0.769 bits per heavy atom. The van der Waals surface area contributed by atoms with Crippen LogP contribution in [0.5, 0.6) is 0 Å². The fourth-order valence-electron chi connectivity index (χ4n) is 3.28. The van der Waals surface area contributed by atoms with Gasteiger partial charge in [-0.25, -0.2) is 4.39 Å². The second-order valence-corrected chi connectivity index (χ2v) is 6.90. The summed E-state index contributed by atoms with van der Waals surface area (Å²) in [7, 11) is 0. The van der Waals surface area contributed by atoms with Gasteiger partial charge in [0.05, 0.1) is 0 Å². The van der Waals surface area contributed by atoms with Crippen molar-refractivity contribution in [1.82, 2.24) is 0 Å². The predicted molar refractivity (Wildman–Crippen MR) is 100 cm³/mol. The molecule has 4 nitrogen and oxygen atoms in total. The zero-order valence-electron chi connectivity index (χ0n) is 14.8. The van der Waals surface area contributed by atoms with Crippen LogP contribution in [0.3, 0.4) is 0 Å². The van der Waals surface area contributed by atoms with E-state index < -0.39 is 0 Å². The fourth-order valence-corrected chi connectivity index (χ4v) is 3.28. The molecule has 0 atom stereocenters. The smallest absolute Gasteiger partial charge is 0.227 e. The summed E-state index contributed by atoms with van der Waals surface area (Å²) in [5.41, 5.74) is 2.54. The highest BCUT2D eigenvalue weighted by atomic mass is 19.1. The highest BCUT2D eigenvalue weighted by molar-refractivity contribution is 5.94. The van der Waals surface area contributed by atoms with Crippen molar-refractivity contribution in [2.75, 3.05) is 10.6 Å². The summed E-state index contributed by atoms with van der Waals surface area (Å²) in [6.07, 6.45) is 2.75. The van der Waals surface area contributed by atoms with Gasteiger partial charge in [-0.05, 0) is 69.0 Å². The second kappa shape index (κ2) is 8.13. The zero-order valence-corrected chi connectivity index (χ0v) is 14.8. The minimum atomic E-state index is -0.330. The van der Waals surface area contributed by atoms with Gasteiger partial charge in [-0.3, -0.25) is 9.59 Å². The number of benzene rings is 2. The van der Waals surface area contributed by atoms with Crippen molar-refractivity contribution >= 4 is 23.2 Å². The number of hydrogen-bond acceptors (Lipinski definition) is 2. The van der Waals surface area contributed by atoms with Crippen molar-refractivity contribution < 1.29 is 14.0 Å². The summed E-state index contributed by atoms with van der Waals surface area (Å²) in [5.74, 6) is -0.544. The lowest BCUT2D eigenvalue weighted by atomic mass is 9.81. The molecule has 2 aromatic rings. The zero-order chi connectivity index (χ0) is 18.5. The molecule has 0 bridgehead atoms. The molecule has 2 aromatic carbocycles. The maximum Gasteiger partial charge on any atom is 0.227 e. The van der Waals surface area contributed by atoms with Gasteiger partial charge in [0.2, 0.25) is 11.8 Å². The van der Waals surface area contributed by atoms with E-state index in [4.69, 9.17) is 0 Å². The Labute approximate surface area is 152 Å². The molecule has 0 radical (unpaired) electrons. The van der Waals surface area contributed by atoms with Crippen molar-refractivity contribution in [1.29, 1.82) is 0 Å². The van der Waals surface area contributed by atoms with Crippen molar-refractivity contribution in [3.63, 3.8) is 0 Å². The van der Waals surface area contributed by atoms with E-state index in [1.54, 1.807) is 12.1 Å². The molecule has 26 heavy (non-hydrogen) atoms. The van der Waals surface area contributed by atoms with E-state index in [9.17, 15) is 14.0 Å². The number of halogens is 1. The van der Waals surface area contributed by atoms with Crippen LogP contribution >= 0.6 is 0 Å². The molecule has 5 heteroatoms. The molecular weight excluding hydrogens is 331 g/mol. The first kappa shape index (κ1) is 18.1. The molecule has 0 heterocycles. The van der Waals surface area contributed by atoms with Crippen LogP contribution in [0.2, 0.25) is 0 Å². The van der Waals surface area contributed by atoms with Crippen LogP contribution in [0.1, 0.15) is 31.2 Å². The summed E-state index contributed by atoms with van der Waals surface area (Å²) >= 11 is 0. The maximum absolute atomic E-state index is 12.9. The number of nitrogens with one attached hydrogen (secondary N) is 2. The standard InChI is InChI=1S/C21H23FN2O2/c1-14-2-10-18(11-3-14)23-20(25)15-4-6-16(7-5-15)21(26)24-19-12-8-17(22)9-13-19/h2-3,8-13,15-16H,4-7H2,1H3,(H,23,25)(H,24,26). The van der Waals surface area contributed by atoms with Gasteiger partial charge in [0.25, 0.3) is 0 Å². The number of aryl methyl sites for hydroxylation is 1. The molecule has 0 aromatic heterocycles. The lowest BCUT2D eigenvalue weighted by molar-refractivity contribution is -0.125. The molecule has 1 aliphatic carbocycles. The van der Waals surface area contributed by atoms with E-state index in [-0.39, 0.29) is 29.5 Å². The summed E-state index contributed by atoms with van der Waals surface area (Å²) in [4.78, 5) is 24.8. The first-order valence-corrected chi connectivity index (χ1v) is 8.95. The van der Waals surface area contributed by atoms with E-state index in [0.29, 0.717) is 31.4 Å². The molecule has 0 spiro atoms. The number of carbonyl (C=O) groups is 2. The first-order chi connectivity index (χ1) is 12.5. The van der Waals surface area contributed by atoms with Gasteiger partial charge in [-0.15, -0.1) is 0 Å². The number of hydrogen-bond donors (Lipinski definition) is 2. The van der Waals surface area contributed by atoms with Crippen LogP contribution in [0.25, 0.3) is 0 Å². The highest BCUT2D eigenvalue weighted by Crippen LogP contribution is 2.30. The average Bonchev–Trinajstić information content (AvgIpc) is 2.65. The molecule has 0 unspecified atom stereocenters.